The van der Waals surface area contributed by atoms with Crippen LogP contribution in [0.5, 0.6) is 11.5 Å². The minimum atomic E-state index is 0.314. The highest BCUT2D eigenvalue weighted by Crippen LogP contribution is 2.28. The maximum absolute atomic E-state index is 6.07. The van der Waals surface area contributed by atoms with Crippen LogP contribution in [0.4, 0.5) is 0 Å². The molecule has 5 heteroatoms. The molecule has 0 bridgehead atoms. The van der Waals surface area contributed by atoms with Crippen molar-refractivity contribution in [3.8, 4) is 11.5 Å². The van der Waals surface area contributed by atoms with Gasteiger partial charge in [0, 0.05) is 12.1 Å². The van der Waals surface area contributed by atoms with Crippen molar-refractivity contribution in [2.24, 2.45) is 0 Å². The molecule has 0 aliphatic carbocycles. The average Bonchev–Trinajstić information content (AvgIpc) is 2.46. The maximum Gasteiger partial charge on any atom is 0.161 e. The molecule has 0 radical (unpaired) electrons. The van der Waals surface area contributed by atoms with Crippen molar-refractivity contribution in [1.82, 2.24) is 9.97 Å². The van der Waals surface area contributed by atoms with Gasteiger partial charge in [0.25, 0.3) is 0 Å². The molecule has 1 heterocycles. The second-order valence-corrected chi connectivity index (χ2v) is 5.44. The molecule has 2 aromatic rings. The molecule has 0 saturated heterocycles. The van der Waals surface area contributed by atoms with Crippen molar-refractivity contribution in [2.45, 2.75) is 26.2 Å². The first-order valence-corrected chi connectivity index (χ1v) is 7.15. The first-order valence-electron chi connectivity index (χ1n) is 6.77. The third-order valence-electron chi connectivity index (χ3n) is 3.16. The smallest absolute Gasteiger partial charge is 0.161 e. The van der Waals surface area contributed by atoms with Crippen LogP contribution in [0.1, 0.15) is 36.8 Å². The van der Waals surface area contributed by atoms with Gasteiger partial charge in [0.15, 0.2) is 11.5 Å². The lowest BCUT2D eigenvalue weighted by Gasteiger charge is -2.10. The molecular weight excluding hydrogens is 288 g/mol. The Hall–Kier alpha value is -1.81. The number of halogens is 1. The van der Waals surface area contributed by atoms with E-state index in [1.54, 1.807) is 14.2 Å². The van der Waals surface area contributed by atoms with Crippen molar-refractivity contribution in [3.63, 3.8) is 0 Å². The number of ether oxygens (including phenoxy) is 2. The number of nitrogens with zero attached hydrogens (tertiary/aromatic N) is 2. The van der Waals surface area contributed by atoms with Gasteiger partial charge >= 0.3 is 0 Å². The van der Waals surface area contributed by atoms with E-state index >= 15 is 0 Å². The summed E-state index contributed by atoms with van der Waals surface area (Å²) in [6.45, 7) is 4.16. The summed E-state index contributed by atoms with van der Waals surface area (Å²) in [6, 6.07) is 7.59. The number of methoxy groups -OCH3 is 2. The molecule has 21 heavy (non-hydrogen) atoms. The van der Waals surface area contributed by atoms with Gasteiger partial charge in [-0.3, -0.25) is 0 Å². The van der Waals surface area contributed by atoms with E-state index in [1.807, 2.05) is 24.3 Å². The Bertz CT molecular complexity index is 630. The molecule has 0 aliphatic heterocycles. The highest BCUT2D eigenvalue weighted by atomic mass is 35.5. The Balaban J connectivity index is 2.29. The van der Waals surface area contributed by atoms with Crippen LogP contribution < -0.4 is 9.47 Å². The predicted octanol–water partition coefficient (Wildman–Crippen LogP) is 3.86. The fourth-order valence-electron chi connectivity index (χ4n) is 2.03. The normalized spacial score (nSPS) is 10.8. The number of rotatable bonds is 5. The molecule has 2 rings (SSSR count). The second kappa shape index (κ2) is 6.76. The van der Waals surface area contributed by atoms with Crippen LogP contribution >= 0.6 is 11.6 Å². The third kappa shape index (κ3) is 3.85. The maximum atomic E-state index is 6.07. The fraction of sp³-hybridized carbons (Fsp3) is 0.375. The summed E-state index contributed by atoms with van der Waals surface area (Å²) < 4.78 is 10.5. The number of benzene rings is 1. The first kappa shape index (κ1) is 15.6. The molecule has 0 amide bonds. The zero-order valence-electron chi connectivity index (χ0n) is 12.7. The summed E-state index contributed by atoms with van der Waals surface area (Å²) in [5.74, 6) is 2.42. The van der Waals surface area contributed by atoms with Gasteiger partial charge in [0.1, 0.15) is 11.0 Å². The fourth-order valence-corrected chi connectivity index (χ4v) is 2.24. The average molecular weight is 307 g/mol. The van der Waals surface area contributed by atoms with Crippen LogP contribution in [0.3, 0.4) is 0 Å². The molecule has 0 N–H and O–H groups in total. The standard InChI is InChI=1S/C16H19ClN2O2/c1-10(2)12-9-15(17)19-16(18-12)8-11-5-6-13(20-3)14(7-11)21-4/h5-7,9-10H,8H2,1-4H3. The Morgan fingerprint density at radius 3 is 2.38 bits per heavy atom. The topological polar surface area (TPSA) is 44.2 Å². The Kier molecular flexibility index (Phi) is 5.02. The van der Waals surface area contributed by atoms with Crippen LogP contribution in [0, 0.1) is 0 Å². The molecule has 0 saturated carbocycles. The van der Waals surface area contributed by atoms with Crippen LogP contribution in [0.15, 0.2) is 24.3 Å². The van der Waals surface area contributed by atoms with Gasteiger partial charge in [0.2, 0.25) is 0 Å². The molecular formula is C16H19ClN2O2. The van der Waals surface area contributed by atoms with Gasteiger partial charge in [0.05, 0.1) is 14.2 Å². The highest BCUT2D eigenvalue weighted by molar-refractivity contribution is 6.29. The Morgan fingerprint density at radius 2 is 1.76 bits per heavy atom. The molecule has 0 aliphatic rings. The number of aromatic nitrogens is 2. The van der Waals surface area contributed by atoms with E-state index in [0.717, 1.165) is 11.3 Å². The zero-order valence-corrected chi connectivity index (χ0v) is 13.4. The van der Waals surface area contributed by atoms with Crippen molar-refractivity contribution >= 4 is 11.6 Å². The first-order chi connectivity index (χ1) is 10.0. The molecule has 112 valence electrons. The van der Waals surface area contributed by atoms with E-state index < -0.39 is 0 Å². The quantitative estimate of drug-likeness (QED) is 0.787. The van der Waals surface area contributed by atoms with Gasteiger partial charge in [-0.1, -0.05) is 31.5 Å². The van der Waals surface area contributed by atoms with Crippen LogP contribution in [-0.2, 0) is 6.42 Å². The molecule has 4 nitrogen and oxygen atoms in total. The van der Waals surface area contributed by atoms with E-state index in [1.165, 1.54) is 0 Å². The van der Waals surface area contributed by atoms with Crippen molar-refractivity contribution in [2.75, 3.05) is 14.2 Å². The van der Waals surface area contributed by atoms with E-state index in [9.17, 15) is 0 Å². The summed E-state index contributed by atoms with van der Waals surface area (Å²) in [4.78, 5) is 8.85. The highest BCUT2D eigenvalue weighted by Gasteiger charge is 2.10. The summed E-state index contributed by atoms with van der Waals surface area (Å²) in [5.41, 5.74) is 2.00. The lowest BCUT2D eigenvalue weighted by atomic mass is 10.1. The van der Waals surface area contributed by atoms with Crippen molar-refractivity contribution < 1.29 is 9.47 Å². The minimum Gasteiger partial charge on any atom is -0.493 e. The summed E-state index contributed by atoms with van der Waals surface area (Å²) in [5, 5.41) is 0.476. The second-order valence-electron chi connectivity index (χ2n) is 5.05. The van der Waals surface area contributed by atoms with Crippen LogP contribution in [0.25, 0.3) is 0 Å². The van der Waals surface area contributed by atoms with Gasteiger partial charge < -0.3 is 9.47 Å². The van der Waals surface area contributed by atoms with E-state index in [2.05, 4.69) is 23.8 Å². The summed E-state index contributed by atoms with van der Waals surface area (Å²) in [7, 11) is 3.24. The third-order valence-corrected chi connectivity index (χ3v) is 3.36. The summed E-state index contributed by atoms with van der Waals surface area (Å²) in [6.07, 6.45) is 0.598. The summed E-state index contributed by atoms with van der Waals surface area (Å²) >= 11 is 6.07. The molecule has 1 aromatic carbocycles. The molecule has 0 atom stereocenters. The molecule has 0 fully saturated rings. The van der Waals surface area contributed by atoms with Gasteiger partial charge in [-0.25, -0.2) is 9.97 Å². The molecule has 0 unspecified atom stereocenters. The van der Waals surface area contributed by atoms with E-state index in [4.69, 9.17) is 21.1 Å². The van der Waals surface area contributed by atoms with Crippen LogP contribution in [-0.4, -0.2) is 24.2 Å². The van der Waals surface area contributed by atoms with Crippen molar-refractivity contribution in [3.05, 3.63) is 46.5 Å². The Labute approximate surface area is 130 Å². The monoisotopic (exact) mass is 306 g/mol. The largest absolute Gasteiger partial charge is 0.493 e. The SMILES string of the molecule is COc1ccc(Cc2nc(Cl)cc(C(C)C)n2)cc1OC. The lowest BCUT2D eigenvalue weighted by Crippen LogP contribution is -2.02. The van der Waals surface area contributed by atoms with E-state index in [-0.39, 0.29) is 0 Å². The number of hydrogen-bond donors (Lipinski definition) is 0. The van der Waals surface area contributed by atoms with Gasteiger partial charge in [-0.2, -0.15) is 0 Å². The number of hydrogen-bond acceptors (Lipinski definition) is 4. The van der Waals surface area contributed by atoms with Gasteiger partial charge in [-0.15, -0.1) is 0 Å². The van der Waals surface area contributed by atoms with E-state index in [0.29, 0.717) is 34.8 Å². The lowest BCUT2D eigenvalue weighted by molar-refractivity contribution is 0.354. The minimum absolute atomic E-state index is 0.314. The Morgan fingerprint density at radius 1 is 1.05 bits per heavy atom. The molecule has 0 spiro atoms. The molecule has 1 aromatic heterocycles. The predicted molar refractivity (Wildman–Crippen MR) is 83.5 cm³/mol. The van der Waals surface area contributed by atoms with Crippen molar-refractivity contribution in [1.29, 1.82) is 0 Å². The van der Waals surface area contributed by atoms with Crippen LogP contribution in [0.2, 0.25) is 5.15 Å². The van der Waals surface area contributed by atoms with Gasteiger partial charge in [-0.05, 0) is 29.7 Å². The zero-order chi connectivity index (χ0) is 15.4.